The number of carbonyl (C=O) groups excluding carboxylic acids is 1. The number of carboxylic acid groups (broad SMARTS) is 1. The lowest BCUT2D eigenvalue weighted by Crippen LogP contribution is -2.61. The van der Waals surface area contributed by atoms with Crippen molar-refractivity contribution in [2.75, 3.05) is 26.9 Å². The first-order valence-corrected chi connectivity index (χ1v) is 12.7. The second-order valence-corrected chi connectivity index (χ2v) is 10.4. The van der Waals surface area contributed by atoms with Gasteiger partial charge in [-0.15, -0.1) is 13.2 Å². The van der Waals surface area contributed by atoms with Gasteiger partial charge in [0.15, 0.2) is 0 Å². The molecule has 1 saturated heterocycles. The second-order valence-electron chi connectivity index (χ2n) is 10.4. The van der Waals surface area contributed by atoms with Crippen LogP contribution >= 0.6 is 0 Å². The molecule has 2 atom stereocenters. The lowest BCUT2D eigenvalue weighted by Gasteiger charge is -2.56. The van der Waals surface area contributed by atoms with Gasteiger partial charge in [-0.25, -0.2) is 9.59 Å². The molecule has 0 spiro atoms. The maximum absolute atomic E-state index is 12.7. The SMILES string of the molecule is C=CCCCOc1ccc2c(C(=O)OC)ccc(C3(C(C)(C)C)CC(OCC=C)CCN3C(=O)O)c2c1. The number of esters is 1. The first-order chi connectivity index (χ1) is 17.6. The minimum atomic E-state index is -0.987. The van der Waals surface area contributed by atoms with Crippen molar-refractivity contribution < 1.29 is 28.9 Å². The number of ether oxygens (including phenoxy) is 3. The first kappa shape index (κ1) is 28.3. The van der Waals surface area contributed by atoms with E-state index >= 15 is 0 Å². The third-order valence-electron chi connectivity index (χ3n) is 7.24. The van der Waals surface area contributed by atoms with E-state index in [1.165, 1.54) is 7.11 Å². The Bertz CT molecular complexity index is 1150. The van der Waals surface area contributed by atoms with Crippen LogP contribution in [0.3, 0.4) is 0 Å². The molecule has 0 saturated carbocycles. The van der Waals surface area contributed by atoms with Crippen molar-refractivity contribution in [1.29, 1.82) is 0 Å². The Labute approximate surface area is 219 Å². The van der Waals surface area contributed by atoms with Gasteiger partial charge in [0.1, 0.15) is 5.75 Å². The number of carbonyl (C=O) groups is 2. The number of amides is 1. The topological polar surface area (TPSA) is 85.3 Å². The standard InChI is InChI=1S/C30H39NO6/c1-7-9-10-18-37-21-11-12-23-24(27(32)35-6)13-14-26(25(23)19-21)30(29(3,4)5)20-22(36-17-8-2)15-16-31(30)28(33)34/h7-8,11-14,19,22H,1-2,9-10,15-18,20H2,3-6H3,(H,33,34). The van der Waals surface area contributed by atoms with Gasteiger partial charge in [-0.05, 0) is 65.3 Å². The van der Waals surface area contributed by atoms with Gasteiger partial charge in [-0.2, -0.15) is 0 Å². The van der Waals surface area contributed by atoms with Crippen molar-refractivity contribution in [3.05, 3.63) is 66.8 Å². The van der Waals surface area contributed by atoms with Crippen LogP contribution in [0, 0.1) is 5.41 Å². The maximum Gasteiger partial charge on any atom is 0.408 e. The van der Waals surface area contributed by atoms with Crippen LogP contribution in [-0.2, 0) is 15.0 Å². The molecule has 1 amide bonds. The molecule has 3 rings (SSSR count). The molecular formula is C30H39NO6. The predicted octanol–water partition coefficient (Wildman–Crippen LogP) is 6.56. The molecule has 2 aromatic rings. The Hall–Kier alpha value is -3.32. The fourth-order valence-electron chi connectivity index (χ4n) is 5.46. The van der Waals surface area contributed by atoms with E-state index in [0.29, 0.717) is 49.3 Å². The van der Waals surface area contributed by atoms with Crippen LogP contribution in [0.1, 0.15) is 62.4 Å². The van der Waals surface area contributed by atoms with E-state index in [9.17, 15) is 14.7 Å². The number of unbranched alkanes of at least 4 members (excludes halogenated alkanes) is 1. The van der Waals surface area contributed by atoms with E-state index < -0.39 is 23.0 Å². The molecule has 1 aliphatic heterocycles. The summed E-state index contributed by atoms with van der Waals surface area (Å²) in [5.74, 6) is 0.202. The van der Waals surface area contributed by atoms with E-state index in [4.69, 9.17) is 14.2 Å². The fraction of sp³-hybridized carbons (Fsp3) is 0.467. The Morgan fingerprint density at radius 2 is 1.92 bits per heavy atom. The molecule has 1 fully saturated rings. The van der Waals surface area contributed by atoms with E-state index in [-0.39, 0.29) is 6.10 Å². The highest BCUT2D eigenvalue weighted by molar-refractivity contribution is 6.06. The number of hydrogen-bond donors (Lipinski definition) is 1. The van der Waals surface area contributed by atoms with Gasteiger partial charge < -0.3 is 19.3 Å². The molecule has 0 aromatic heterocycles. The van der Waals surface area contributed by atoms with E-state index in [2.05, 4.69) is 33.9 Å². The third-order valence-corrected chi connectivity index (χ3v) is 7.24. The lowest BCUT2D eigenvalue weighted by molar-refractivity contribution is -0.0875. The highest BCUT2D eigenvalue weighted by atomic mass is 16.5. The average molecular weight is 510 g/mol. The Morgan fingerprint density at radius 1 is 1.16 bits per heavy atom. The number of allylic oxidation sites excluding steroid dienone is 1. The number of hydrogen-bond acceptors (Lipinski definition) is 5. The molecular weight excluding hydrogens is 470 g/mol. The second kappa shape index (κ2) is 11.8. The largest absolute Gasteiger partial charge is 0.494 e. The fourth-order valence-corrected chi connectivity index (χ4v) is 5.46. The Kier molecular flexibility index (Phi) is 9.02. The van der Waals surface area contributed by atoms with Gasteiger partial charge >= 0.3 is 12.1 Å². The zero-order valence-corrected chi connectivity index (χ0v) is 22.4. The van der Waals surface area contributed by atoms with E-state index in [0.717, 1.165) is 23.8 Å². The van der Waals surface area contributed by atoms with Gasteiger partial charge in [0.05, 0.1) is 37.5 Å². The summed E-state index contributed by atoms with van der Waals surface area (Å²) in [6.45, 7) is 14.9. The van der Waals surface area contributed by atoms with Crippen LogP contribution in [0.4, 0.5) is 4.79 Å². The van der Waals surface area contributed by atoms with Crippen molar-refractivity contribution >= 4 is 22.8 Å². The smallest absolute Gasteiger partial charge is 0.408 e. The highest BCUT2D eigenvalue weighted by Gasteiger charge is 2.54. The summed E-state index contributed by atoms with van der Waals surface area (Å²) < 4.78 is 17.2. The van der Waals surface area contributed by atoms with Crippen molar-refractivity contribution in [3.63, 3.8) is 0 Å². The summed E-state index contributed by atoms with van der Waals surface area (Å²) in [4.78, 5) is 26.9. The van der Waals surface area contributed by atoms with E-state index in [1.54, 1.807) is 17.0 Å². The van der Waals surface area contributed by atoms with Gasteiger partial charge in [-0.3, -0.25) is 4.90 Å². The van der Waals surface area contributed by atoms with Gasteiger partial charge in [0.25, 0.3) is 0 Å². The van der Waals surface area contributed by atoms with Gasteiger partial charge in [0.2, 0.25) is 0 Å². The van der Waals surface area contributed by atoms with Gasteiger partial charge in [0, 0.05) is 13.0 Å². The minimum absolute atomic E-state index is 0.151. The monoisotopic (exact) mass is 509 g/mol. The molecule has 2 aromatic carbocycles. The van der Waals surface area contributed by atoms with Crippen molar-refractivity contribution in [3.8, 4) is 5.75 Å². The lowest BCUT2D eigenvalue weighted by atomic mass is 9.62. The molecule has 7 heteroatoms. The van der Waals surface area contributed by atoms with Crippen LogP contribution < -0.4 is 4.74 Å². The number of piperidine rings is 1. The molecule has 1 heterocycles. The Balaban J connectivity index is 2.29. The molecule has 0 radical (unpaired) electrons. The van der Waals surface area contributed by atoms with Crippen LogP contribution in [0.15, 0.2) is 55.6 Å². The summed E-state index contributed by atoms with van der Waals surface area (Å²) in [6.07, 6.45) is 5.16. The Morgan fingerprint density at radius 3 is 2.54 bits per heavy atom. The molecule has 7 nitrogen and oxygen atoms in total. The van der Waals surface area contributed by atoms with Crippen molar-refractivity contribution in [2.45, 2.75) is 58.1 Å². The molecule has 200 valence electrons. The number of fused-ring (bicyclic) bond motifs is 1. The maximum atomic E-state index is 12.7. The summed E-state index contributed by atoms with van der Waals surface area (Å²) in [5.41, 5.74) is -0.214. The van der Waals surface area contributed by atoms with Crippen LogP contribution in [0.2, 0.25) is 0 Å². The molecule has 1 N–H and O–H groups in total. The number of likely N-dealkylation sites (tertiary alicyclic amines) is 1. The number of benzene rings is 2. The molecule has 0 aliphatic carbocycles. The third kappa shape index (κ3) is 5.67. The number of methoxy groups -OCH3 is 1. The summed E-state index contributed by atoms with van der Waals surface area (Å²) >= 11 is 0. The van der Waals surface area contributed by atoms with E-state index in [1.807, 2.05) is 30.3 Å². The highest BCUT2D eigenvalue weighted by Crippen LogP contribution is 2.53. The number of rotatable bonds is 10. The van der Waals surface area contributed by atoms with Crippen molar-refractivity contribution in [2.24, 2.45) is 5.41 Å². The molecule has 0 bridgehead atoms. The molecule has 37 heavy (non-hydrogen) atoms. The average Bonchev–Trinajstić information content (AvgIpc) is 2.87. The predicted molar refractivity (Wildman–Crippen MR) is 145 cm³/mol. The molecule has 1 aliphatic rings. The van der Waals surface area contributed by atoms with Crippen LogP contribution in [0.25, 0.3) is 10.8 Å². The van der Waals surface area contributed by atoms with Crippen molar-refractivity contribution in [1.82, 2.24) is 4.90 Å². The quantitative estimate of drug-likeness (QED) is 0.222. The summed E-state index contributed by atoms with van der Waals surface area (Å²) in [6, 6.07) is 9.20. The zero-order chi connectivity index (χ0) is 27.2. The van der Waals surface area contributed by atoms with Crippen LogP contribution in [-0.4, -0.2) is 55.0 Å². The first-order valence-electron chi connectivity index (χ1n) is 12.7. The zero-order valence-electron chi connectivity index (χ0n) is 22.4. The van der Waals surface area contributed by atoms with Crippen LogP contribution in [0.5, 0.6) is 5.75 Å². The molecule has 2 unspecified atom stereocenters. The summed E-state index contributed by atoms with van der Waals surface area (Å²) in [5, 5.41) is 11.8. The number of nitrogens with zero attached hydrogens (tertiary/aromatic N) is 1. The minimum Gasteiger partial charge on any atom is -0.494 e. The normalized spacial score (nSPS) is 19.9. The summed E-state index contributed by atoms with van der Waals surface area (Å²) in [7, 11) is 1.35. The van der Waals surface area contributed by atoms with Gasteiger partial charge in [-0.1, -0.05) is 39.0 Å².